The van der Waals surface area contributed by atoms with Crippen molar-refractivity contribution in [2.24, 2.45) is 5.10 Å². The van der Waals surface area contributed by atoms with Gasteiger partial charge < -0.3 is 10.1 Å². The van der Waals surface area contributed by atoms with Crippen molar-refractivity contribution in [1.82, 2.24) is 25.1 Å². The molecule has 0 radical (unpaired) electrons. The molecule has 1 atom stereocenters. The van der Waals surface area contributed by atoms with Crippen molar-refractivity contribution in [3.05, 3.63) is 64.8 Å². The largest absolute Gasteiger partial charge is 0.493 e. The Morgan fingerprint density at radius 1 is 1.09 bits per heavy atom. The van der Waals surface area contributed by atoms with Gasteiger partial charge in [-0.05, 0) is 46.4 Å². The Kier molecular flexibility index (Phi) is 9.61. The Balaban J connectivity index is 1.38. The topological polar surface area (TPSA) is 99.7 Å². The van der Waals surface area contributed by atoms with Crippen LogP contribution in [0, 0.1) is 6.92 Å². The lowest BCUT2D eigenvalue weighted by atomic mass is 9.91. The molecule has 0 spiro atoms. The monoisotopic (exact) mass is 596 g/mol. The molecule has 44 heavy (non-hydrogen) atoms. The van der Waals surface area contributed by atoms with Gasteiger partial charge in [0, 0.05) is 24.3 Å². The minimum atomic E-state index is -0.282. The Morgan fingerprint density at radius 2 is 1.89 bits per heavy atom. The van der Waals surface area contributed by atoms with E-state index in [4.69, 9.17) is 14.8 Å². The van der Waals surface area contributed by atoms with Gasteiger partial charge in [-0.2, -0.15) is 4.98 Å². The fourth-order valence-electron chi connectivity index (χ4n) is 5.58. The number of H-pyrrole nitrogens is 1. The van der Waals surface area contributed by atoms with Crippen molar-refractivity contribution < 1.29 is 14.2 Å². The number of carbonyl (C=O) groups is 1. The van der Waals surface area contributed by atoms with E-state index < -0.39 is 0 Å². The average molecular weight is 597 g/mol. The van der Waals surface area contributed by atoms with Crippen LogP contribution in [0.1, 0.15) is 95.5 Å². The highest BCUT2D eigenvalue weighted by Gasteiger charge is 2.35. The van der Waals surface area contributed by atoms with Crippen LogP contribution in [0.15, 0.2) is 47.6 Å². The second kappa shape index (κ2) is 13.6. The molecule has 0 fully saturated rings. The quantitative estimate of drug-likeness (QED) is 0.130. The van der Waals surface area contributed by atoms with Gasteiger partial charge in [0.15, 0.2) is 11.9 Å². The van der Waals surface area contributed by atoms with Crippen LogP contribution in [-0.4, -0.2) is 55.5 Å². The third-order valence-corrected chi connectivity index (χ3v) is 7.83. The maximum Gasteiger partial charge on any atom is 0.305 e. The van der Waals surface area contributed by atoms with Crippen LogP contribution in [0.2, 0.25) is 0 Å². The molecule has 9 heteroatoms. The first kappa shape index (κ1) is 31.2. The number of hydrogen-bond acceptors (Lipinski definition) is 5. The molecule has 2 aromatic heterocycles. The average Bonchev–Trinajstić information content (AvgIpc) is 3.68. The fraction of sp³-hybridized carbons (Fsp3) is 0.457. The SMILES string of the molecule is CCCCCCCCOc1ccc(C)cc1Cc1cccc(-c2nc3c([N+]4=CC(NC(C)=O)C=N4)c(C(C)(C)C)[nH]n3n2)c1. The lowest BCUT2D eigenvalue weighted by molar-refractivity contribution is -0.436. The summed E-state index contributed by atoms with van der Waals surface area (Å²) in [6, 6.07) is 14.6. The number of aromatic amines is 1. The molecule has 0 saturated carbocycles. The molecule has 5 rings (SSSR count). The van der Waals surface area contributed by atoms with E-state index in [0.717, 1.165) is 42.1 Å². The number of nitrogens with one attached hydrogen (secondary N) is 2. The van der Waals surface area contributed by atoms with Crippen molar-refractivity contribution in [2.75, 3.05) is 6.61 Å². The van der Waals surface area contributed by atoms with Gasteiger partial charge in [-0.1, -0.05) is 95.7 Å². The summed E-state index contributed by atoms with van der Waals surface area (Å²) in [4.78, 5) is 16.6. The van der Waals surface area contributed by atoms with Crippen LogP contribution in [0.3, 0.4) is 0 Å². The zero-order valence-electron chi connectivity index (χ0n) is 27.0. The number of amides is 1. The highest BCUT2D eigenvalue weighted by Crippen LogP contribution is 2.35. The molecular weight excluding hydrogens is 550 g/mol. The van der Waals surface area contributed by atoms with E-state index in [9.17, 15) is 4.79 Å². The molecule has 9 nitrogen and oxygen atoms in total. The standard InChI is InChI=1S/C35H45N7O2/c1-7-8-9-10-11-12-18-44-30-17-16-24(2)19-28(30)21-26-14-13-15-27(20-26)33-38-34-31(32(35(4,5)6)39-42(34)40-33)41-23-29(22-36-41)37-25(3)43/h13-17,19-20,22-23,29H,7-12,18,21H2,1-6H3,(H-,37,38,39,40,43)/p+1. The van der Waals surface area contributed by atoms with Gasteiger partial charge in [-0.25, -0.2) is 0 Å². The van der Waals surface area contributed by atoms with Crippen LogP contribution in [0.25, 0.3) is 17.0 Å². The Morgan fingerprint density at radius 3 is 2.66 bits per heavy atom. The van der Waals surface area contributed by atoms with E-state index in [1.807, 2.05) is 12.3 Å². The zero-order chi connectivity index (χ0) is 31.3. The number of benzene rings is 2. The number of unbranched alkanes of at least 4 members (excludes halogenated alkanes) is 5. The maximum atomic E-state index is 11.6. The summed E-state index contributed by atoms with van der Waals surface area (Å²) in [5, 5.41) is 15.7. The van der Waals surface area contributed by atoms with Gasteiger partial charge in [0.2, 0.25) is 12.1 Å². The first-order valence-corrected chi connectivity index (χ1v) is 15.9. The van der Waals surface area contributed by atoms with Crippen LogP contribution in [-0.2, 0) is 16.6 Å². The molecule has 1 aliphatic heterocycles. The van der Waals surface area contributed by atoms with Gasteiger partial charge in [-0.15, -0.1) is 9.73 Å². The Labute approximate surface area is 260 Å². The lowest BCUT2D eigenvalue weighted by Crippen LogP contribution is -2.34. The van der Waals surface area contributed by atoms with Gasteiger partial charge >= 0.3 is 5.69 Å². The predicted molar refractivity (Wildman–Crippen MR) is 176 cm³/mol. The van der Waals surface area contributed by atoms with Crippen LogP contribution in [0.5, 0.6) is 5.75 Å². The van der Waals surface area contributed by atoms with E-state index in [-0.39, 0.29) is 17.4 Å². The van der Waals surface area contributed by atoms with E-state index in [1.54, 1.807) is 15.5 Å². The summed E-state index contributed by atoms with van der Waals surface area (Å²) >= 11 is 0. The summed E-state index contributed by atoms with van der Waals surface area (Å²) < 4.78 is 9.78. The summed E-state index contributed by atoms with van der Waals surface area (Å²) in [5.74, 6) is 1.48. The molecule has 2 aromatic carbocycles. The molecular formula is C35H46N7O2+. The van der Waals surface area contributed by atoms with Crippen molar-refractivity contribution in [1.29, 1.82) is 0 Å². The van der Waals surface area contributed by atoms with E-state index in [0.29, 0.717) is 11.5 Å². The number of ether oxygens (including phenoxy) is 1. The third-order valence-electron chi connectivity index (χ3n) is 7.83. The second-order valence-corrected chi connectivity index (χ2v) is 12.8. The number of hydrogen-bond donors (Lipinski definition) is 2. The van der Waals surface area contributed by atoms with Gasteiger partial charge in [-0.3, -0.25) is 9.89 Å². The molecule has 232 valence electrons. The molecule has 3 heterocycles. The van der Waals surface area contributed by atoms with E-state index in [2.05, 4.69) is 86.5 Å². The summed E-state index contributed by atoms with van der Waals surface area (Å²) in [6.45, 7) is 13.0. The van der Waals surface area contributed by atoms with Crippen LogP contribution >= 0.6 is 0 Å². The van der Waals surface area contributed by atoms with Gasteiger partial charge in [0.1, 0.15) is 17.7 Å². The van der Waals surface area contributed by atoms with Gasteiger partial charge in [0.25, 0.3) is 5.65 Å². The van der Waals surface area contributed by atoms with Crippen molar-refractivity contribution in [3.8, 4) is 17.1 Å². The van der Waals surface area contributed by atoms with Crippen LogP contribution in [0.4, 0.5) is 5.69 Å². The van der Waals surface area contributed by atoms with Crippen LogP contribution < -0.4 is 10.1 Å². The Bertz CT molecular complexity index is 1670. The van der Waals surface area contributed by atoms with Gasteiger partial charge in [0.05, 0.1) is 6.61 Å². The number of aryl methyl sites for hydroxylation is 1. The maximum absolute atomic E-state index is 11.6. The smallest absolute Gasteiger partial charge is 0.305 e. The lowest BCUT2D eigenvalue weighted by Gasteiger charge is -2.15. The summed E-state index contributed by atoms with van der Waals surface area (Å²) in [6.07, 6.45) is 11.8. The predicted octanol–water partition coefficient (Wildman–Crippen LogP) is 6.88. The molecule has 0 saturated heterocycles. The molecule has 4 aromatic rings. The number of aromatic nitrogens is 4. The molecule has 1 aliphatic rings. The molecule has 1 unspecified atom stereocenters. The van der Waals surface area contributed by atoms with E-state index >= 15 is 0 Å². The van der Waals surface area contributed by atoms with Crippen molar-refractivity contribution in [3.63, 3.8) is 0 Å². The normalized spacial score (nSPS) is 14.8. The van der Waals surface area contributed by atoms with E-state index in [1.165, 1.54) is 55.7 Å². The number of nitrogens with zero attached hydrogens (tertiary/aromatic N) is 5. The fourth-order valence-corrected chi connectivity index (χ4v) is 5.58. The zero-order valence-corrected chi connectivity index (χ0v) is 27.0. The Hall–Kier alpha value is -4.27. The number of hydrazone groups is 1. The number of carbonyl (C=O) groups excluding carboxylic acids is 1. The first-order chi connectivity index (χ1) is 21.1. The summed E-state index contributed by atoms with van der Waals surface area (Å²) in [5.41, 5.74) is 6.76. The number of rotatable bonds is 13. The minimum Gasteiger partial charge on any atom is -0.493 e. The highest BCUT2D eigenvalue weighted by molar-refractivity contribution is 5.93. The highest BCUT2D eigenvalue weighted by atomic mass is 16.5. The summed E-state index contributed by atoms with van der Waals surface area (Å²) in [7, 11) is 0. The minimum absolute atomic E-state index is 0.110. The van der Waals surface area contributed by atoms with Crippen molar-refractivity contribution in [2.45, 2.75) is 97.9 Å². The molecule has 1 amide bonds. The van der Waals surface area contributed by atoms with Crippen molar-refractivity contribution >= 4 is 29.7 Å². The number of fused-ring (bicyclic) bond motifs is 1. The molecule has 2 N–H and O–H groups in total. The molecule has 0 aliphatic carbocycles. The second-order valence-electron chi connectivity index (χ2n) is 12.8. The molecule has 0 bridgehead atoms. The first-order valence-electron chi connectivity index (χ1n) is 15.9. The third kappa shape index (κ3) is 7.44.